The second kappa shape index (κ2) is 13.7. The van der Waals surface area contributed by atoms with Gasteiger partial charge in [0.1, 0.15) is 11.2 Å². The van der Waals surface area contributed by atoms with Crippen LogP contribution in [0.5, 0.6) is 0 Å². The van der Waals surface area contributed by atoms with Gasteiger partial charge >= 0.3 is 0 Å². The zero-order valence-electron chi connectivity index (χ0n) is 37.1. The molecule has 0 aliphatic heterocycles. The van der Waals surface area contributed by atoms with Crippen LogP contribution in [0.3, 0.4) is 0 Å². The summed E-state index contributed by atoms with van der Waals surface area (Å²) in [5.41, 5.74) is 16.3. The van der Waals surface area contributed by atoms with E-state index in [1.165, 1.54) is 85.2 Å². The average Bonchev–Trinajstić information content (AvgIpc) is 4.22. The first-order valence-electron chi connectivity index (χ1n) is 23.7. The molecule has 0 N–H and O–H groups in total. The molecule has 0 bridgehead atoms. The molecule has 5 heteroatoms. The van der Waals surface area contributed by atoms with E-state index in [0.717, 1.165) is 44.7 Å². The van der Waals surface area contributed by atoms with Crippen molar-refractivity contribution in [2.24, 2.45) is 0 Å². The molecule has 0 fully saturated rings. The van der Waals surface area contributed by atoms with Crippen LogP contribution < -0.4 is 9.80 Å². The molecule has 0 saturated carbocycles. The van der Waals surface area contributed by atoms with E-state index in [1.54, 1.807) is 0 Å². The van der Waals surface area contributed by atoms with Gasteiger partial charge in [-0.15, -0.1) is 22.7 Å². The molecule has 3 aliphatic carbocycles. The second-order valence-corrected chi connectivity index (χ2v) is 20.8. The van der Waals surface area contributed by atoms with Crippen LogP contribution in [-0.4, -0.2) is 0 Å². The van der Waals surface area contributed by atoms with Crippen molar-refractivity contribution in [2.45, 2.75) is 11.1 Å². The van der Waals surface area contributed by atoms with Crippen molar-refractivity contribution < 1.29 is 4.42 Å². The Morgan fingerprint density at radius 1 is 0.333 bits per heavy atom. The Labute approximate surface area is 406 Å². The molecule has 0 amide bonds. The zero-order chi connectivity index (χ0) is 45.0. The molecule has 3 heterocycles. The van der Waals surface area contributed by atoms with E-state index < -0.39 is 11.1 Å². The first kappa shape index (κ1) is 37.8. The number of hydrogen-bond donors (Lipinski definition) is 0. The molecule has 2 unspecified atom stereocenters. The number of rotatable bonds is 6. The molecular formula is C64H38N2OS2. The van der Waals surface area contributed by atoms with E-state index in [-0.39, 0.29) is 0 Å². The summed E-state index contributed by atoms with van der Waals surface area (Å²) in [6, 6.07) is 86.3. The van der Waals surface area contributed by atoms with Crippen molar-refractivity contribution in [3.05, 3.63) is 263 Å². The summed E-state index contributed by atoms with van der Waals surface area (Å²) in [6.07, 6.45) is 0. The van der Waals surface area contributed by atoms with Crippen LogP contribution in [-0.2, 0) is 11.1 Å². The molecule has 0 saturated heterocycles. The fraction of sp³-hybridized carbons (Fsp3) is 0.0312. The number of thiophene rings is 2. The fourth-order valence-electron chi connectivity index (χ4n) is 12.9. The molecule has 3 nitrogen and oxygen atoms in total. The molecule has 69 heavy (non-hydrogen) atoms. The van der Waals surface area contributed by atoms with Crippen molar-refractivity contribution in [2.75, 3.05) is 9.80 Å². The third-order valence-corrected chi connectivity index (χ3v) is 17.8. The van der Waals surface area contributed by atoms with Gasteiger partial charge < -0.3 is 14.2 Å². The Hall–Kier alpha value is -8.22. The summed E-state index contributed by atoms with van der Waals surface area (Å²) >= 11 is 3.84. The minimum atomic E-state index is -1.05. The number of nitrogens with zero attached hydrogens (tertiary/aromatic N) is 2. The lowest BCUT2D eigenvalue weighted by molar-refractivity contribution is 0.495. The maximum absolute atomic E-state index is 6.58. The predicted molar refractivity (Wildman–Crippen MR) is 289 cm³/mol. The van der Waals surface area contributed by atoms with Gasteiger partial charge in [0.15, 0.2) is 5.66 Å². The van der Waals surface area contributed by atoms with Crippen LogP contribution in [0.1, 0.15) is 32.7 Å². The monoisotopic (exact) mass is 914 g/mol. The first-order valence-corrected chi connectivity index (χ1v) is 25.3. The Bertz CT molecular complexity index is 4140. The van der Waals surface area contributed by atoms with Gasteiger partial charge in [-0.3, -0.25) is 0 Å². The highest BCUT2D eigenvalue weighted by Gasteiger charge is 2.65. The van der Waals surface area contributed by atoms with Gasteiger partial charge in [-0.05, 0) is 112 Å². The summed E-state index contributed by atoms with van der Waals surface area (Å²) in [5.74, 6) is 0. The third kappa shape index (κ3) is 4.71. The number of fused-ring (bicyclic) bond motifs is 12. The van der Waals surface area contributed by atoms with Crippen molar-refractivity contribution >= 4 is 97.6 Å². The summed E-state index contributed by atoms with van der Waals surface area (Å²) in [6.45, 7) is 0. The zero-order valence-corrected chi connectivity index (χ0v) is 38.7. The quantitative estimate of drug-likeness (QED) is 0.155. The lowest BCUT2D eigenvalue weighted by Crippen LogP contribution is -2.60. The normalized spacial score (nSPS) is 17.1. The van der Waals surface area contributed by atoms with Crippen molar-refractivity contribution in [3.63, 3.8) is 0 Å². The molecule has 322 valence electrons. The van der Waals surface area contributed by atoms with Gasteiger partial charge in [-0.25, -0.2) is 0 Å². The van der Waals surface area contributed by atoms with Crippen molar-refractivity contribution in [1.29, 1.82) is 0 Å². The Kier molecular flexibility index (Phi) is 7.51. The number of hydrogen-bond acceptors (Lipinski definition) is 5. The topological polar surface area (TPSA) is 19.6 Å². The van der Waals surface area contributed by atoms with Gasteiger partial charge in [-0.2, -0.15) is 0 Å². The molecule has 1 spiro atoms. The average molecular weight is 915 g/mol. The van der Waals surface area contributed by atoms with Gasteiger partial charge in [-0.1, -0.05) is 152 Å². The summed E-state index contributed by atoms with van der Waals surface area (Å²) in [4.78, 5) is 6.76. The smallest absolute Gasteiger partial charge is 0.175 e. The van der Waals surface area contributed by atoms with Crippen LogP contribution in [0.15, 0.2) is 235 Å². The Morgan fingerprint density at radius 3 is 1.61 bits per heavy atom. The minimum Gasteiger partial charge on any atom is -0.456 e. The van der Waals surface area contributed by atoms with E-state index in [1.807, 2.05) is 22.7 Å². The van der Waals surface area contributed by atoms with Crippen LogP contribution in [0, 0.1) is 0 Å². The highest BCUT2D eigenvalue weighted by molar-refractivity contribution is 7.25. The van der Waals surface area contributed by atoms with Crippen molar-refractivity contribution in [1.82, 2.24) is 0 Å². The second-order valence-electron chi connectivity index (χ2n) is 18.6. The van der Waals surface area contributed by atoms with E-state index in [4.69, 9.17) is 4.42 Å². The number of anilines is 4. The lowest BCUT2D eigenvalue weighted by Gasteiger charge is -2.58. The number of benzene rings is 10. The van der Waals surface area contributed by atoms with Gasteiger partial charge in [0.2, 0.25) is 0 Å². The molecular weight excluding hydrogens is 877 g/mol. The van der Waals surface area contributed by atoms with Gasteiger partial charge in [0.05, 0.1) is 5.41 Å². The molecule has 3 aliphatic rings. The molecule has 2 atom stereocenters. The summed E-state index contributed by atoms with van der Waals surface area (Å²) in [7, 11) is 0. The van der Waals surface area contributed by atoms with Crippen LogP contribution >= 0.6 is 22.7 Å². The summed E-state index contributed by atoms with van der Waals surface area (Å²) in [5, 5.41) is 6.02. The molecule has 10 aromatic carbocycles. The van der Waals surface area contributed by atoms with Crippen LogP contribution in [0.4, 0.5) is 22.7 Å². The highest BCUT2D eigenvalue weighted by atomic mass is 32.1. The summed E-state index contributed by atoms with van der Waals surface area (Å²) < 4.78 is 10.5. The van der Waals surface area contributed by atoms with Gasteiger partial charge in [0.25, 0.3) is 0 Å². The lowest BCUT2D eigenvalue weighted by atomic mass is 9.62. The highest BCUT2D eigenvalue weighted by Crippen LogP contribution is 2.73. The standard InChI is InChI=1S/C64H38N2OS2/c1-3-17-39(18-4-1)65(41-33-35-55-49(37-41)44-22-8-12-30-54(44)67-55)64(66(40-19-5-2-6-20-40)42-34-36-58-50(38-42)45-23-9-13-31-56(45)68-58)52-28-15-25-46-43-21-7-11-27-51(43)63(60(46)52)61-48(26-16-29-53(61)64)59-47-24-10-14-32-57(47)69-62(59)63/h1-38H. The van der Waals surface area contributed by atoms with Gasteiger partial charge in [0, 0.05) is 85.3 Å². The maximum Gasteiger partial charge on any atom is 0.175 e. The van der Waals surface area contributed by atoms with Crippen LogP contribution in [0.25, 0.3) is 74.5 Å². The maximum atomic E-state index is 6.58. The fourth-order valence-corrected chi connectivity index (χ4v) is 15.4. The SMILES string of the molecule is c1ccc(N(c2ccc3oc4ccccc4c3c2)C2(N(c3ccccc3)c3ccc4sc5ccccc5c4c3)c3cccc4c3C3(c5ccccc5-4)c4sc5ccccc5c4-c4cccc2c43)cc1. The van der Waals surface area contributed by atoms with E-state index in [9.17, 15) is 0 Å². The largest absolute Gasteiger partial charge is 0.456 e. The Balaban J connectivity index is 1.14. The molecule has 13 aromatic rings. The number of para-hydroxylation sites is 3. The van der Waals surface area contributed by atoms with E-state index in [0.29, 0.717) is 0 Å². The van der Waals surface area contributed by atoms with Crippen LogP contribution in [0.2, 0.25) is 0 Å². The first-order chi connectivity index (χ1) is 34.2. The van der Waals surface area contributed by atoms with E-state index in [2.05, 4.69) is 240 Å². The third-order valence-electron chi connectivity index (χ3n) is 15.4. The number of furan rings is 1. The molecule has 0 radical (unpaired) electrons. The molecule has 3 aromatic heterocycles. The van der Waals surface area contributed by atoms with Crippen molar-refractivity contribution in [3.8, 4) is 22.3 Å². The minimum absolute atomic E-state index is 0.556. The predicted octanol–water partition coefficient (Wildman–Crippen LogP) is 17.7. The Morgan fingerprint density at radius 2 is 0.855 bits per heavy atom. The van der Waals surface area contributed by atoms with E-state index >= 15 is 0 Å². The molecule has 16 rings (SSSR count).